The van der Waals surface area contributed by atoms with Gasteiger partial charge >= 0.3 is 0 Å². The van der Waals surface area contributed by atoms with Gasteiger partial charge in [-0.2, -0.15) is 0 Å². The Morgan fingerprint density at radius 3 is 2.53 bits per heavy atom. The van der Waals surface area contributed by atoms with Crippen LogP contribution in [0.3, 0.4) is 0 Å². The molecule has 0 saturated carbocycles. The third-order valence-corrected chi connectivity index (χ3v) is 3.44. The summed E-state index contributed by atoms with van der Waals surface area (Å²) in [5, 5.41) is 13.5. The van der Waals surface area contributed by atoms with Crippen LogP contribution in [0, 0.1) is 0 Å². The number of ether oxygens (including phenoxy) is 2. The van der Waals surface area contributed by atoms with Crippen LogP contribution < -0.4 is 5.32 Å². The average molecular weight is 265 g/mol. The second kappa shape index (κ2) is 6.01. The standard InChI is InChI=1S/C15H23NO3/c1-11(12-7-5-4-6-8-12)16-13-9-18-15(2,3)19-10-14(13)17/h4-8,11,13-14,16-17H,9-10H2,1-3H3/t11?,13-,14-/m0/s1. The molecule has 106 valence electrons. The van der Waals surface area contributed by atoms with Gasteiger partial charge in [0.25, 0.3) is 0 Å². The Morgan fingerprint density at radius 1 is 1.21 bits per heavy atom. The van der Waals surface area contributed by atoms with Gasteiger partial charge in [0.2, 0.25) is 0 Å². The molecule has 2 N–H and O–H groups in total. The van der Waals surface area contributed by atoms with E-state index in [9.17, 15) is 5.11 Å². The number of hydrogen-bond acceptors (Lipinski definition) is 4. The van der Waals surface area contributed by atoms with Gasteiger partial charge in [0.05, 0.1) is 25.4 Å². The summed E-state index contributed by atoms with van der Waals surface area (Å²) in [6, 6.07) is 10.2. The molecular formula is C15H23NO3. The number of aliphatic hydroxyl groups is 1. The molecule has 1 aliphatic rings. The average Bonchev–Trinajstić information content (AvgIpc) is 2.53. The van der Waals surface area contributed by atoms with E-state index in [4.69, 9.17) is 9.47 Å². The van der Waals surface area contributed by atoms with Gasteiger partial charge in [0.15, 0.2) is 5.79 Å². The number of aliphatic hydroxyl groups excluding tert-OH is 1. The predicted octanol–water partition coefficient (Wildman–Crippen LogP) is 1.85. The first-order valence-electron chi connectivity index (χ1n) is 6.75. The SMILES string of the molecule is CC(N[C@H]1COC(C)(C)OC[C@@H]1O)c1ccccc1. The van der Waals surface area contributed by atoms with Crippen LogP contribution in [0.4, 0.5) is 0 Å². The highest BCUT2D eigenvalue weighted by atomic mass is 16.7. The van der Waals surface area contributed by atoms with Crippen LogP contribution in [0.5, 0.6) is 0 Å². The summed E-state index contributed by atoms with van der Waals surface area (Å²) in [5.74, 6) is -0.632. The van der Waals surface area contributed by atoms with E-state index in [2.05, 4.69) is 24.4 Å². The van der Waals surface area contributed by atoms with Gasteiger partial charge in [0, 0.05) is 6.04 Å². The van der Waals surface area contributed by atoms with E-state index in [0.29, 0.717) is 6.61 Å². The first kappa shape index (κ1) is 14.5. The minimum absolute atomic E-state index is 0.128. The summed E-state index contributed by atoms with van der Waals surface area (Å²) in [5.41, 5.74) is 1.19. The van der Waals surface area contributed by atoms with E-state index in [1.807, 2.05) is 32.0 Å². The molecule has 3 atom stereocenters. The maximum atomic E-state index is 10.1. The van der Waals surface area contributed by atoms with Crippen molar-refractivity contribution in [2.75, 3.05) is 13.2 Å². The lowest BCUT2D eigenvalue weighted by Crippen LogP contribution is -2.45. The third kappa shape index (κ3) is 4.01. The molecule has 0 aliphatic carbocycles. The van der Waals surface area contributed by atoms with Gasteiger partial charge in [-0.25, -0.2) is 0 Å². The van der Waals surface area contributed by atoms with Crippen molar-refractivity contribution in [3.8, 4) is 0 Å². The first-order chi connectivity index (χ1) is 8.98. The Hall–Kier alpha value is -0.940. The Balaban J connectivity index is 1.98. The molecule has 0 amide bonds. The Morgan fingerprint density at radius 2 is 1.84 bits per heavy atom. The van der Waals surface area contributed by atoms with Gasteiger partial charge in [-0.3, -0.25) is 0 Å². The van der Waals surface area contributed by atoms with Crippen LogP contribution in [0.25, 0.3) is 0 Å². The van der Waals surface area contributed by atoms with Gasteiger partial charge in [-0.15, -0.1) is 0 Å². The zero-order valence-electron chi connectivity index (χ0n) is 11.8. The fourth-order valence-corrected chi connectivity index (χ4v) is 2.16. The fourth-order valence-electron chi connectivity index (χ4n) is 2.16. The van der Waals surface area contributed by atoms with Gasteiger partial charge < -0.3 is 19.9 Å². The van der Waals surface area contributed by atoms with E-state index in [1.54, 1.807) is 0 Å². The monoisotopic (exact) mass is 265 g/mol. The summed E-state index contributed by atoms with van der Waals surface area (Å²) >= 11 is 0. The number of hydrogen-bond donors (Lipinski definition) is 2. The maximum absolute atomic E-state index is 10.1. The van der Waals surface area contributed by atoms with Crippen molar-refractivity contribution in [2.45, 2.75) is 44.7 Å². The highest BCUT2D eigenvalue weighted by molar-refractivity contribution is 5.18. The van der Waals surface area contributed by atoms with Crippen molar-refractivity contribution in [1.82, 2.24) is 5.32 Å². The molecule has 1 unspecified atom stereocenters. The molecule has 1 aliphatic heterocycles. The smallest absolute Gasteiger partial charge is 0.162 e. The summed E-state index contributed by atoms with van der Waals surface area (Å²) < 4.78 is 11.2. The van der Waals surface area contributed by atoms with Crippen LogP contribution in [-0.4, -0.2) is 36.3 Å². The lowest BCUT2D eigenvalue weighted by Gasteiger charge is -2.25. The largest absolute Gasteiger partial charge is 0.389 e. The van der Waals surface area contributed by atoms with Crippen LogP contribution in [0.15, 0.2) is 30.3 Å². The van der Waals surface area contributed by atoms with Gasteiger partial charge in [-0.1, -0.05) is 30.3 Å². The Labute approximate surface area is 114 Å². The highest BCUT2D eigenvalue weighted by Gasteiger charge is 2.31. The molecule has 2 rings (SSSR count). The van der Waals surface area contributed by atoms with Crippen molar-refractivity contribution in [3.63, 3.8) is 0 Å². The summed E-state index contributed by atoms with van der Waals surface area (Å²) in [6.45, 7) is 6.53. The van der Waals surface area contributed by atoms with Crippen LogP contribution >= 0.6 is 0 Å². The van der Waals surface area contributed by atoms with E-state index in [1.165, 1.54) is 5.56 Å². The van der Waals surface area contributed by atoms with Gasteiger partial charge in [0.1, 0.15) is 0 Å². The zero-order chi connectivity index (χ0) is 13.9. The quantitative estimate of drug-likeness (QED) is 0.875. The van der Waals surface area contributed by atoms with E-state index in [0.717, 1.165) is 0 Å². The second-order valence-corrected chi connectivity index (χ2v) is 5.49. The van der Waals surface area contributed by atoms with Crippen LogP contribution in [-0.2, 0) is 9.47 Å². The molecule has 19 heavy (non-hydrogen) atoms. The Kier molecular flexibility index (Phi) is 4.58. The number of nitrogens with one attached hydrogen (secondary N) is 1. The molecule has 1 aromatic rings. The van der Waals surface area contributed by atoms with Gasteiger partial charge in [-0.05, 0) is 26.3 Å². The molecule has 1 saturated heterocycles. The molecule has 1 fully saturated rings. The zero-order valence-corrected chi connectivity index (χ0v) is 11.8. The highest BCUT2D eigenvalue weighted by Crippen LogP contribution is 2.20. The topological polar surface area (TPSA) is 50.7 Å². The first-order valence-corrected chi connectivity index (χ1v) is 6.75. The summed E-state index contributed by atoms with van der Waals surface area (Å²) in [4.78, 5) is 0. The predicted molar refractivity (Wildman–Crippen MR) is 73.8 cm³/mol. The van der Waals surface area contributed by atoms with Crippen LogP contribution in [0.1, 0.15) is 32.4 Å². The lowest BCUT2D eigenvalue weighted by atomic mass is 10.1. The van der Waals surface area contributed by atoms with Crippen molar-refractivity contribution < 1.29 is 14.6 Å². The van der Waals surface area contributed by atoms with Crippen molar-refractivity contribution in [1.29, 1.82) is 0 Å². The minimum atomic E-state index is -0.632. The van der Waals surface area contributed by atoms with E-state index in [-0.39, 0.29) is 18.7 Å². The van der Waals surface area contributed by atoms with E-state index >= 15 is 0 Å². The van der Waals surface area contributed by atoms with Crippen molar-refractivity contribution in [3.05, 3.63) is 35.9 Å². The lowest BCUT2D eigenvalue weighted by molar-refractivity contribution is -0.203. The third-order valence-electron chi connectivity index (χ3n) is 3.44. The maximum Gasteiger partial charge on any atom is 0.162 e. The number of benzene rings is 1. The molecule has 4 nitrogen and oxygen atoms in total. The van der Waals surface area contributed by atoms with E-state index < -0.39 is 11.9 Å². The van der Waals surface area contributed by atoms with Crippen LogP contribution in [0.2, 0.25) is 0 Å². The molecule has 0 bridgehead atoms. The van der Waals surface area contributed by atoms with Crippen molar-refractivity contribution in [2.24, 2.45) is 0 Å². The number of rotatable bonds is 3. The molecule has 1 aromatic carbocycles. The second-order valence-electron chi connectivity index (χ2n) is 5.49. The molecule has 0 spiro atoms. The Bertz CT molecular complexity index is 394. The molecule has 1 heterocycles. The molecule has 0 aromatic heterocycles. The fraction of sp³-hybridized carbons (Fsp3) is 0.600. The molecular weight excluding hydrogens is 242 g/mol. The molecule has 0 radical (unpaired) electrons. The summed E-state index contributed by atoms with van der Waals surface area (Å²) in [6.07, 6.45) is -0.562. The summed E-state index contributed by atoms with van der Waals surface area (Å²) in [7, 11) is 0. The normalized spacial score (nSPS) is 28.6. The molecule has 4 heteroatoms. The van der Waals surface area contributed by atoms with Crippen molar-refractivity contribution >= 4 is 0 Å². The minimum Gasteiger partial charge on any atom is -0.389 e.